The summed E-state index contributed by atoms with van der Waals surface area (Å²) in [5.41, 5.74) is 8.13. The molecule has 1 heterocycles. The third-order valence-electron chi connectivity index (χ3n) is 3.96. The number of aromatic nitrogens is 2. The first-order valence-electron chi connectivity index (χ1n) is 6.63. The summed E-state index contributed by atoms with van der Waals surface area (Å²) < 4.78 is 0. The Kier molecular flexibility index (Phi) is 2.69. The number of nitrogens with one attached hydrogen (secondary N) is 2. The van der Waals surface area contributed by atoms with Crippen LogP contribution in [0.3, 0.4) is 0 Å². The third kappa shape index (κ3) is 2.16. The number of benzene rings is 1. The first kappa shape index (κ1) is 12.0. The molecule has 0 atom stereocenters. The molecule has 1 aromatic carbocycles. The molecule has 1 aliphatic rings. The lowest BCUT2D eigenvalue weighted by molar-refractivity contribution is 0.534. The number of anilines is 2. The van der Waals surface area contributed by atoms with E-state index in [2.05, 4.69) is 22.2 Å². The van der Waals surface area contributed by atoms with E-state index in [1.54, 1.807) is 6.07 Å². The molecule has 0 aliphatic heterocycles. The van der Waals surface area contributed by atoms with Gasteiger partial charge in [-0.3, -0.25) is 4.79 Å². The van der Waals surface area contributed by atoms with Crippen molar-refractivity contribution < 1.29 is 0 Å². The SMILES string of the molecule is CC1(Nc2cc3nc[nH]c(=O)c3cc2N)CCCC1. The van der Waals surface area contributed by atoms with E-state index in [4.69, 9.17) is 5.73 Å². The monoisotopic (exact) mass is 258 g/mol. The Hall–Kier alpha value is -2.04. The minimum Gasteiger partial charge on any atom is -0.397 e. The number of fused-ring (bicyclic) bond motifs is 1. The second kappa shape index (κ2) is 4.26. The van der Waals surface area contributed by atoms with Crippen molar-refractivity contribution in [2.45, 2.75) is 38.1 Å². The van der Waals surface area contributed by atoms with E-state index in [-0.39, 0.29) is 11.1 Å². The summed E-state index contributed by atoms with van der Waals surface area (Å²) in [5, 5.41) is 4.05. The van der Waals surface area contributed by atoms with Crippen molar-refractivity contribution in [3.63, 3.8) is 0 Å². The van der Waals surface area contributed by atoms with Gasteiger partial charge >= 0.3 is 0 Å². The second-order valence-corrected chi connectivity index (χ2v) is 5.58. The van der Waals surface area contributed by atoms with E-state index in [0.717, 1.165) is 18.5 Å². The molecule has 1 aromatic heterocycles. The summed E-state index contributed by atoms with van der Waals surface area (Å²) in [6.07, 6.45) is 6.20. The highest BCUT2D eigenvalue weighted by Gasteiger charge is 2.28. The molecule has 1 saturated carbocycles. The molecule has 2 aromatic rings. The van der Waals surface area contributed by atoms with Crippen LogP contribution in [0.4, 0.5) is 11.4 Å². The van der Waals surface area contributed by atoms with Crippen molar-refractivity contribution in [1.82, 2.24) is 9.97 Å². The van der Waals surface area contributed by atoms with Crippen molar-refractivity contribution in [2.24, 2.45) is 0 Å². The van der Waals surface area contributed by atoms with Crippen LogP contribution in [0, 0.1) is 0 Å². The van der Waals surface area contributed by atoms with Gasteiger partial charge in [-0.2, -0.15) is 0 Å². The number of H-pyrrole nitrogens is 1. The van der Waals surface area contributed by atoms with Gasteiger partial charge in [-0.25, -0.2) is 4.98 Å². The van der Waals surface area contributed by atoms with E-state index in [1.807, 2.05) is 6.07 Å². The largest absolute Gasteiger partial charge is 0.397 e. The maximum Gasteiger partial charge on any atom is 0.258 e. The van der Waals surface area contributed by atoms with Gasteiger partial charge in [-0.15, -0.1) is 0 Å². The van der Waals surface area contributed by atoms with Gasteiger partial charge < -0.3 is 16.0 Å². The highest BCUT2D eigenvalue weighted by Crippen LogP contribution is 2.35. The summed E-state index contributed by atoms with van der Waals surface area (Å²) in [6, 6.07) is 3.56. The van der Waals surface area contributed by atoms with Gasteiger partial charge in [-0.1, -0.05) is 12.8 Å². The molecule has 0 radical (unpaired) electrons. The summed E-state index contributed by atoms with van der Waals surface area (Å²) in [7, 11) is 0. The van der Waals surface area contributed by atoms with Crippen LogP contribution in [0.5, 0.6) is 0 Å². The number of hydrogen-bond acceptors (Lipinski definition) is 4. The molecule has 5 nitrogen and oxygen atoms in total. The summed E-state index contributed by atoms with van der Waals surface area (Å²) >= 11 is 0. The van der Waals surface area contributed by atoms with Crippen LogP contribution in [-0.4, -0.2) is 15.5 Å². The molecule has 1 fully saturated rings. The highest BCUT2D eigenvalue weighted by molar-refractivity contribution is 5.88. The Labute approximate surface area is 111 Å². The molecule has 19 heavy (non-hydrogen) atoms. The average molecular weight is 258 g/mol. The van der Waals surface area contributed by atoms with Gasteiger partial charge in [0.1, 0.15) is 0 Å². The van der Waals surface area contributed by atoms with Crippen LogP contribution in [0.1, 0.15) is 32.6 Å². The second-order valence-electron chi connectivity index (χ2n) is 5.58. The van der Waals surface area contributed by atoms with Crippen LogP contribution < -0.4 is 16.6 Å². The fourth-order valence-corrected chi connectivity index (χ4v) is 2.85. The molecule has 0 unspecified atom stereocenters. The molecule has 3 rings (SSSR count). The molecule has 0 bridgehead atoms. The minimum absolute atomic E-state index is 0.100. The van der Waals surface area contributed by atoms with Gasteiger partial charge in [0.2, 0.25) is 0 Å². The van der Waals surface area contributed by atoms with Crippen molar-refractivity contribution in [3.05, 3.63) is 28.8 Å². The van der Waals surface area contributed by atoms with Crippen LogP contribution in [0.15, 0.2) is 23.3 Å². The fourth-order valence-electron chi connectivity index (χ4n) is 2.85. The Morgan fingerprint density at radius 2 is 2.11 bits per heavy atom. The van der Waals surface area contributed by atoms with E-state index < -0.39 is 0 Å². The molecular weight excluding hydrogens is 240 g/mol. The standard InChI is InChI=1S/C14H18N4O/c1-14(4-2-3-5-14)18-12-7-11-9(6-10(12)15)13(19)17-8-16-11/h6-8,18H,2-5,15H2,1H3,(H,16,17,19). The topological polar surface area (TPSA) is 83.8 Å². The number of nitrogens with zero attached hydrogens (tertiary/aromatic N) is 1. The lowest BCUT2D eigenvalue weighted by Crippen LogP contribution is -2.31. The van der Waals surface area contributed by atoms with Gasteiger partial charge in [-0.05, 0) is 31.9 Å². The lowest BCUT2D eigenvalue weighted by atomic mass is 10.00. The predicted octanol–water partition coefficient (Wildman–Crippen LogP) is 2.25. The zero-order valence-electron chi connectivity index (χ0n) is 11.0. The zero-order valence-corrected chi connectivity index (χ0v) is 11.0. The van der Waals surface area contributed by atoms with Crippen molar-refractivity contribution in [2.75, 3.05) is 11.1 Å². The molecule has 1 aliphatic carbocycles. The molecule has 0 amide bonds. The summed E-state index contributed by atoms with van der Waals surface area (Å²) in [6.45, 7) is 2.22. The number of nitrogen functional groups attached to an aromatic ring is 1. The molecule has 0 saturated heterocycles. The van der Waals surface area contributed by atoms with Crippen LogP contribution >= 0.6 is 0 Å². The van der Waals surface area contributed by atoms with Crippen molar-refractivity contribution in [1.29, 1.82) is 0 Å². The zero-order chi connectivity index (χ0) is 13.5. The predicted molar refractivity (Wildman–Crippen MR) is 77.3 cm³/mol. The Morgan fingerprint density at radius 1 is 1.37 bits per heavy atom. The van der Waals surface area contributed by atoms with E-state index in [0.29, 0.717) is 16.6 Å². The molecular formula is C14H18N4O. The van der Waals surface area contributed by atoms with Gasteiger partial charge in [0.15, 0.2) is 0 Å². The van der Waals surface area contributed by atoms with Crippen LogP contribution in [0.2, 0.25) is 0 Å². The van der Waals surface area contributed by atoms with Gasteiger partial charge in [0.05, 0.1) is 28.6 Å². The number of hydrogen-bond donors (Lipinski definition) is 3. The van der Waals surface area contributed by atoms with Gasteiger partial charge in [0, 0.05) is 5.54 Å². The molecule has 0 spiro atoms. The third-order valence-corrected chi connectivity index (χ3v) is 3.96. The fraction of sp³-hybridized carbons (Fsp3) is 0.429. The number of nitrogens with two attached hydrogens (primary N) is 1. The molecule has 100 valence electrons. The molecule has 4 N–H and O–H groups in total. The highest BCUT2D eigenvalue weighted by atomic mass is 16.1. The summed E-state index contributed by atoms with van der Waals surface area (Å²) in [5.74, 6) is 0. The number of aromatic amines is 1. The van der Waals surface area contributed by atoms with Crippen LogP contribution in [0.25, 0.3) is 10.9 Å². The summed E-state index contributed by atoms with van der Waals surface area (Å²) in [4.78, 5) is 18.4. The van der Waals surface area contributed by atoms with E-state index in [1.165, 1.54) is 19.2 Å². The number of rotatable bonds is 2. The minimum atomic E-state index is -0.157. The van der Waals surface area contributed by atoms with Crippen molar-refractivity contribution in [3.8, 4) is 0 Å². The Morgan fingerprint density at radius 3 is 2.84 bits per heavy atom. The Bertz CT molecular complexity index is 671. The van der Waals surface area contributed by atoms with E-state index >= 15 is 0 Å². The maximum absolute atomic E-state index is 11.7. The Balaban J connectivity index is 2.04. The quantitative estimate of drug-likeness (QED) is 0.721. The van der Waals surface area contributed by atoms with Gasteiger partial charge in [0.25, 0.3) is 5.56 Å². The first-order valence-corrected chi connectivity index (χ1v) is 6.63. The average Bonchev–Trinajstić information content (AvgIpc) is 2.78. The smallest absolute Gasteiger partial charge is 0.258 e. The lowest BCUT2D eigenvalue weighted by Gasteiger charge is -2.27. The van der Waals surface area contributed by atoms with Crippen LogP contribution in [-0.2, 0) is 0 Å². The first-order chi connectivity index (χ1) is 9.07. The molecule has 5 heteroatoms. The normalized spacial score (nSPS) is 17.7. The maximum atomic E-state index is 11.7. The van der Waals surface area contributed by atoms with Crippen molar-refractivity contribution >= 4 is 22.3 Å². The van der Waals surface area contributed by atoms with E-state index in [9.17, 15) is 4.79 Å².